The Morgan fingerprint density at radius 1 is 1.55 bits per heavy atom. The van der Waals surface area contributed by atoms with Crippen LogP contribution in [0.15, 0.2) is 12.4 Å². The molecule has 1 aliphatic heterocycles. The minimum atomic E-state index is -3.53. The minimum absolute atomic E-state index is 0.190. The third-order valence-corrected chi connectivity index (χ3v) is 4.90. The van der Waals surface area contributed by atoms with E-state index in [4.69, 9.17) is 0 Å². The molecule has 112 valence electrons. The SMILES string of the molecule is COC(=O)C1CCN(S(=O)(=O)NCc2cn[nH]c2)CC1. The van der Waals surface area contributed by atoms with Crippen molar-refractivity contribution in [3.8, 4) is 0 Å². The molecule has 0 atom stereocenters. The molecule has 0 bridgehead atoms. The lowest BCUT2D eigenvalue weighted by Crippen LogP contribution is -2.45. The summed E-state index contributed by atoms with van der Waals surface area (Å²) in [7, 11) is -2.18. The second-order valence-electron chi connectivity index (χ2n) is 4.63. The molecule has 0 radical (unpaired) electrons. The number of hydrogen-bond donors (Lipinski definition) is 2. The van der Waals surface area contributed by atoms with Crippen molar-refractivity contribution in [3.05, 3.63) is 18.0 Å². The molecule has 2 N–H and O–H groups in total. The number of H-pyrrole nitrogens is 1. The second-order valence-corrected chi connectivity index (χ2v) is 6.38. The Morgan fingerprint density at radius 2 is 2.25 bits per heavy atom. The van der Waals surface area contributed by atoms with Crippen molar-refractivity contribution >= 4 is 16.2 Å². The number of methoxy groups -OCH3 is 1. The fourth-order valence-electron chi connectivity index (χ4n) is 2.14. The van der Waals surface area contributed by atoms with Crippen LogP contribution in [0.4, 0.5) is 0 Å². The molecule has 1 aromatic heterocycles. The van der Waals surface area contributed by atoms with Gasteiger partial charge < -0.3 is 4.74 Å². The lowest BCUT2D eigenvalue weighted by atomic mass is 9.99. The number of aromatic amines is 1. The van der Waals surface area contributed by atoms with Crippen LogP contribution in [0.1, 0.15) is 18.4 Å². The van der Waals surface area contributed by atoms with Gasteiger partial charge in [-0.2, -0.15) is 22.5 Å². The normalized spacial score (nSPS) is 18.1. The molecule has 2 rings (SSSR count). The Bertz CT molecular complexity index is 535. The van der Waals surface area contributed by atoms with Gasteiger partial charge in [0.2, 0.25) is 0 Å². The van der Waals surface area contributed by atoms with E-state index in [1.165, 1.54) is 11.4 Å². The third kappa shape index (κ3) is 3.56. The molecule has 1 aliphatic rings. The van der Waals surface area contributed by atoms with Crippen LogP contribution in [-0.4, -0.2) is 49.1 Å². The van der Waals surface area contributed by atoms with Crippen molar-refractivity contribution in [3.63, 3.8) is 0 Å². The zero-order valence-corrected chi connectivity index (χ0v) is 12.0. The summed E-state index contributed by atoms with van der Waals surface area (Å²) in [6, 6.07) is 0. The van der Waals surface area contributed by atoms with Crippen LogP contribution >= 0.6 is 0 Å². The van der Waals surface area contributed by atoms with Gasteiger partial charge >= 0.3 is 5.97 Å². The van der Waals surface area contributed by atoms with Crippen molar-refractivity contribution in [2.75, 3.05) is 20.2 Å². The predicted octanol–water partition coefficient (Wildman–Crippen LogP) is -0.371. The number of ether oxygens (including phenoxy) is 1. The standard InChI is InChI=1S/C11H18N4O4S/c1-19-11(16)10-2-4-15(5-3-10)20(17,18)14-8-9-6-12-13-7-9/h6-7,10,14H,2-5,8H2,1H3,(H,12,13). The number of piperidine rings is 1. The summed E-state index contributed by atoms with van der Waals surface area (Å²) in [5.41, 5.74) is 0.762. The lowest BCUT2D eigenvalue weighted by Gasteiger charge is -2.29. The maximum atomic E-state index is 12.1. The number of esters is 1. The molecule has 1 aromatic rings. The quantitative estimate of drug-likeness (QED) is 0.722. The first-order chi connectivity index (χ1) is 9.53. The van der Waals surface area contributed by atoms with Crippen LogP contribution in [0, 0.1) is 5.92 Å². The number of carbonyl (C=O) groups is 1. The molecule has 0 aromatic carbocycles. The highest BCUT2D eigenvalue weighted by atomic mass is 32.2. The topological polar surface area (TPSA) is 104 Å². The van der Waals surface area contributed by atoms with Gasteiger partial charge in [0, 0.05) is 31.4 Å². The fraction of sp³-hybridized carbons (Fsp3) is 0.636. The minimum Gasteiger partial charge on any atom is -0.469 e. The van der Waals surface area contributed by atoms with Crippen LogP contribution < -0.4 is 4.72 Å². The van der Waals surface area contributed by atoms with E-state index in [-0.39, 0.29) is 18.4 Å². The Labute approximate surface area is 117 Å². The summed E-state index contributed by atoms with van der Waals surface area (Å²) in [6.07, 6.45) is 4.16. The van der Waals surface area contributed by atoms with E-state index < -0.39 is 10.2 Å². The Kier molecular flexibility index (Phi) is 4.73. The molecule has 1 saturated heterocycles. The average molecular weight is 302 g/mol. The molecule has 0 saturated carbocycles. The van der Waals surface area contributed by atoms with Gasteiger partial charge in [0.1, 0.15) is 0 Å². The van der Waals surface area contributed by atoms with E-state index in [1.807, 2.05) is 0 Å². The summed E-state index contributed by atoms with van der Waals surface area (Å²) in [5.74, 6) is -0.478. The van der Waals surface area contributed by atoms with Crippen LogP contribution in [0.25, 0.3) is 0 Å². The van der Waals surface area contributed by atoms with E-state index in [9.17, 15) is 13.2 Å². The zero-order chi connectivity index (χ0) is 14.6. The van der Waals surface area contributed by atoms with E-state index >= 15 is 0 Å². The third-order valence-electron chi connectivity index (χ3n) is 3.34. The number of hydrogen-bond acceptors (Lipinski definition) is 5. The smallest absolute Gasteiger partial charge is 0.308 e. The molecule has 0 amide bonds. The number of carbonyl (C=O) groups excluding carboxylic acids is 1. The van der Waals surface area contributed by atoms with Crippen molar-refractivity contribution in [1.29, 1.82) is 0 Å². The summed E-state index contributed by atoms with van der Waals surface area (Å²) in [5, 5.41) is 6.37. The summed E-state index contributed by atoms with van der Waals surface area (Å²) >= 11 is 0. The number of nitrogens with one attached hydrogen (secondary N) is 2. The largest absolute Gasteiger partial charge is 0.469 e. The van der Waals surface area contributed by atoms with Gasteiger partial charge in [-0.15, -0.1) is 0 Å². The Hall–Kier alpha value is -1.45. The summed E-state index contributed by atoms with van der Waals surface area (Å²) in [6.45, 7) is 0.830. The second kappa shape index (κ2) is 6.33. The molecular weight excluding hydrogens is 284 g/mol. The first kappa shape index (κ1) is 14.9. The lowest BCUT2D eigenvalue weighted by molar-refractivity contribution is -0.146. The fourth-order valence-corrected chi connectivity index (χ4v) is 3.36. The van der Waals surface area contributed by atoms with Crippen LogP contribution in [0.5, 0.6) is 0 Å². The number of aromatic nitrogens is 2. The van der Waals surface area contributed by atoms with Crippen LogP contribution in [0.3, 0.4) is 0 Å². The van der Waals surface area contributed by atoms with E-state index in [0.717, 1.165) is 5.56 Å². The number of rotatable bonds is 5. The summed E-state index contributed by atoms with van der Waals surface area (Å²) < 4.78 is 32.7. The van der Waals surface area contributed by atoms with Crippen molar-refractivity contribution in [1.82, 2.24) is 19.2 Å². The molecule has 0 spiro atoms. The molecule has 8 nitrogen and oxygen atoms in total. The number of nitrogens with zero attached hydrogens (tertiary/aromatic N) is 2. The molecule has 0 aliphatic carbocycles. The van der Waals surface area contributed by atoms with E-state index in [0.29, 0.717) is 25.9 Å². The zero-order valence-electron chi connectivity index (χ0n) is 11.2. The van der Waals surface area contributed by atoms with Gasteiger partial charge in [-0.05, 0) is 12.8 Å². The van der Waals surface area contributed by atoms with Gasteiger partial charge in [-0.1, -0.05) is 0 Å². The highest BCUT2D eigenvalue weighted by molar-refractivity contribution is 7.87. The van der Waals surface area contributed by atoms with Gasteiger partial charge in [0.05, 0.1) is 19.2 Å². The molecule has 2 heterocycles. The molecule has 9 heteroatoms. The van der Waals surface area contributed by atoms with Crippen molar-refractivity contribution < 1.29 is 17.9 Å². The predicted molar refractivity (Wildman–Crippen MR) is 70.7 cm³/mol. The highest BCUT2D eigenvalue weighted by Gasteiger charge is 2.31. The first-order valence-corrected chi connectivity index (χ1v) is 7.77. The maximum Gasteiger partial charge on any atom is 0.308 e. The van der Waals surface area contributed by atoms with Crippen molar-refractivity contribution in [2.45, 2.75) is 19.4 Å². The van der Waals surface area contributed by atoms with E-state index in [1.54, 1.807) is 12.4 Å². The molecule has 1 fully saturated rings. The first-order valence-electron chi connectivity index (χ1n) is 6.33. The Balaban J connectivity index is 1.87. The van der Waals surface area contributed by atoms with Crippen molar-refractivity contribution in [2.24, 2.45) is 5.92 Å². The van der Waals surface area contributed by atoms with Crippen LogP contribution in [-0.2, 0) is 26.3 Å². The van der Waals surface area contributed by atoms with Gasteiger partial charge in [-0.25, -0.2) is 0 Å². The van der Waals surface area contributed by atoms with E-state index in [2.05, 4.69) is 19.7 Å². The maximum absolute atomic E-state index is 12.1. The highest BCUT2D eigenvalue weighted by Crippen LogP contribution is 2.20. The molecular formula is C11H18N4O4S. The van der Waals surface area contributed by atoms with Crippen LogP contribution in [0.2, 0.25) is 0 Å². The monoisotopic (exact) mass is 302 g/mol. The van der Waals surface area contributed by atoms with Gasteiger partial charge in [-0.3, -0.25) is 9.89 Å². The molecule has 20 heavy (non-hydrogen) atoms. The summed E-state index contributed by atoms with van der Waals surface area (Å²) in [4.78, 5) is 11.4. The molecule has 0 unspecified atom stereocenters. The Morgan fingerprint density at radius 3 is 2.80 bits per heavy atom. The van der Waals surface area contributed by atoms with Gasteiger partial charge in [0.15, 0.2) is 0 Å². The van der Waals surface area contributed by atoms with Gasteiger partial charge in [0.25, 0.3) is 10.2 Å². The average Bonchev–Trinajstić information content (AvgIpc) is 2.98.